The highest BCUT2D eigenvalue weighted by Crippen LogP contribution is 2.34. The first kappa shape index (κ1) is 21.2. The van der Waals surface area contributed by atoms with E-state index >= 15 is 0 Å². The first-order valence-electron chi connectivity index (χ1n) is 10.0. The maximum atomic E-state index is 12.5. The molecule has 2 aromatic carbocycles. The van der Waals surface area contributed by atoms with Gasteiger partial charge in [-0.15, -0.1) is 10.2 Å². The van der Waals surface area contributed by atoms with Crippen LogP contribution in [0.4, 0.5) is 10.8 Å². The molecule has 11 heteroatoms. The molecular weight excluding hydrogens is 466 g/mol. The van der Waals surface area contributed by atoms with Gasteiger partial charge in [-0.05, 0) is 36.4 Å². The summed E-state index contributed by atoms with van der Waals surface area (Å²) in [6.07, 6.45) is 0.278. The predicted octanol–water partition coefficient (Wildman–Crippen LogP) is 2.95. The molecule has 0 radical (unpaired) electrons. The molecule has 5 rings (SSSR count). The highest BCUT2D eigenvalue weighted by Gasteiger charge is 2.37. The van der Waals surface area contributed by atoms with Crippen LogP contribution in [0.25, 0.3) is 0 Å². The number of carbonyl (C=O) groups excluding carboxylic acids is 4. The van der Waals surface area contributed by atoms with Crippen LogP contribution in [-0.2, 0) is 9.59 Å². The zero-order valence-electron chi connectivity index (χ0n) is 17.0. The summed E-state index contributed by atoms with van der Waals surface area (Å²) in [6, 6.07) is 13.5. The number of rotatable bonds is 5. The molecule has 2 aliphatic rings. The van der Waals surface area contributed by atoms with Gasteiger partial charge in [-0.2, -0.15) is 0 Å². The van der Waals surface area contributed by atoms with E-state index in [-0.39, 0.29) is 34.5 Å². The minimum Gasteiger partial charge on any atom is -0.312 e. The fourth-order valence-corrected chi connectivity index (χ4v) is 4.86. The van der Waals surface area contributed by atoms with Crippen molar-refractivity contribution in [1.82, 2.24) is 15.1 Å². The van der Waals surface area contributed by atoms with E-state index in [0.717, 1.165) is 21.9 Å². The summed E-state index contributed by atoms with van der Waals surface area (Å²) in [4.78, 5) is 52.4. The van der Waals surface area contributed by atoms with Gasteiger partial charge in [0.05, 0.1) is 11.1 Å². The molecule has 3 aromatic rings. The van der Waals surface area contributed by atoms with E-state index < -0.39 is 24.3 Å². The van der Waals surface area contributed by atoms with E-state index in [0.29, 0.717) is 16.6 Å². The summed E-state index contributed by atoms with van der Waals surface area (Å²) in [5.41, 5.74) is 1.32. The molecule has 2 aliphatic heterocycles. The van der Waals surface area contributed by atoms with Gasteiger partial charge >= 0.3 is 0 Å². The van der Waals surface area contributed by atoms with E-state index in [1.165, 1.54) is 0 Å². The molecule has 1 fully saturated rings. The number of anilines is 2. The molecule has 1 aromatic heterocycles. The van der Waals surface area contributed by atoms with Crippen LogP contribution in [0.1, 0.15) is 38.1 Å². The summed E-state index contributed by atoms with van der Waals surface area (Å²) < 4.78 is 0. The number of imide groups is 1. The van der Waals surface area contributed by atoms with E-state index in [1.54, 1.807) is 53.4 Å². The van der Waals surface area contributed by atoms with Gasteiger partial charge in [-0.3, -0.25) is 29.4 Å². The summed E-state index contributed by atoms with van der Waals surface area (Å²) in [7, 11) is 0. The van der Waals surface area contributed by atoms with Gasteiger partial charge in [-0.25, -0.2) is 0 Å². The van der Waals surface area contributed by atoms with Crippen molar-refractivity contribution in [3.05, 3.63) is 69.7 Å². The van der Waals surface area contributed by atoms with E-state index in [4.69, 9.17) is 11.6 Å². The van der Waals surface area contributed by atoms with Crippen LogP contribution < -0.4 is 10.2 Å². The molecular formula is C22H16ClN5O4S. The van der Waals surface area contributed by atoms with Crippen molar-refractivity contribution in [2.45, 2.75) is 12.3 Å². The molecule has 166 valence electrons. The standard InChI is InChI=1S/C22H16ClN5O4S/c23-13-5-7-14(8-6-13)27-10-12(9-18(27)30)19-25-26-22(33-19)24-17(29)11-28-20(31)15-3-1-2-4-16(15)21(28)32/h1-8,12H,9-11H2,(H,24,26,29)/t12-/m0/s1. The zero-order valence-corrected chi connectivity index (χ0v) is 18.6. The third kappa shape index (κ3) is 3.98. The summed E-state index contributed by atoms with van der Waals surface area (Å²) in [5, 5.41) is 12.2. The Morgan fingerprint density at radius 1 is 1.03 bits per heavy atom. The average molecular weight is 482 g/mol. The molecule has 0 aliphatic carbocycles. The van der Waals surface area contributed by atoms with Crippen molar-refractivity contribution in [3.63, 3.8) is 0 Å². The van der Waals surface area contributed by atoms with Crippen molar-refractivity contribution in [2.75, 3.05) is 23.3 Å². The van der Waals surface area contributed by atoms with Crippen LogP contribution in [0.5, 0.6) is 0 Å². The SMILES string of the molecule is O=C(CN1C(=O)c2ccccc2C1=O)Nc1nnc([C@H]2CC(=O)N(c3ccc(Cl)cc3)C2)s1. The number of nitrogens with zero attached hydrogens (tertiary/aromatic N) is 4. The van der Waals surface area contributed by atoms with Crippen LogP contribution in [0.15, 0.2) is 48.5 Å². The quantitative estimate of drug-likeness (QED) is 0.561. The largest absolute Gasteiger partial charge is 0.312 e. The maximum Gasteiger partial charge on any atom is 0.262 e. The molecule has 9 nitrogen and oxygen atoms in total. The molecule has 0 spiro atoms. The number of halogens is 1. The van der Waals surface area contributed by atoms with Crippen molar-refractivity contribution in [3.8, 4) is 0 Å². The van der Waals surface area contributed by atoms with E-state index in [1.807, 2.05) is 0 Å². The lowest BCUT2D eigenvalue weighted by Gasteiger charge is -2.16. The molecule has 1 N–H and O–H groups in total. The van der Waals surface area contributed by atoms with Crippen LogP contribution in [0, 0.1) is 0 Å². The molecule has 3 heterocycles. The third-order valence-corrected chi connectivity index (χ3v) is 6.73. The molecule has 0 bridgehead atoms. The monoisotopic (exact) mass is 481 g/mol. The molecule has 1 saturated heterocycles. The average Bonchev–Trinajstić information content (AvgIpc) is 3.48. The van der Waals surface area contributed by atoms with Gasteiger partial charge in [0, 0.05) is 29.6 Å². The predicted molar refractivity (Wildman–Crippen MR) is 122 cm³/mol. The Balaban J connectivity index is 1.22. The molecule has 0 unspecified atom stereocenters. The second-order valence-electron chi connectivity index (χ2n) is 7.62. The number of hydrogen-bond donors (Lipinski definition) is 1. The van der Waals surface area contributed by atoms with Crippen molar-refractivity contribution in [2.24, 2.45) is 0 Å². The zero-order chi connectivity index (χ0) is 23.1. The number of hydrogen-bond acceptors (Lipinski definition) is 7. The van der Waals surface area contributed by atoms with E-state index in [9.17, 15) is 19.2 Å². The highest BCUT2D eigenvalue weighted by atomic mass is 35.5. The highest BCUT2D eigenvalue weighted by molar-refractivity contribution is 7.15. The Hall–Kier alpha value is -3.63. The van der Waals surface area contributed by atoms with Gasteiger partial charge in [-0.1, -0.05) is 35.1 Å². The van der Waals surface area contributed by atoms with Crippen molar-refractivity contribution < 1.29 is 19.2 Å². The summed E-state index contributed by atoms with van der Waals surface area (Å²) >= 11 is 7.09. The lowest BCUT2D eigenvalue weighted by atomic mass is 10.1. The second-order valence-corrected chi connectivity index (χ2v) is 9.06. The molecule has 0 saturated carbocycles. The third-order valence-electron chi connectivity index (χ3n) is 5.48. The molecule has 33 heavy (non-hydrogen) atoms. The van der Waals surface area contributed by atoms with Gasteiger partial charge in [0.15, 0.2) is 0 Å². The summed E-state index contributed by atoms with van der Waals surface area (Å²) in [6.45, 7) is 0.0194. The lowest BCUT2D eigenvalue weighted by molar-refractivity contribution is -0.117. The minimum atomic E-state index is -0.558. The number of benzene rings is 2. The van der Waals surface area contributed by atoms with Crippen LogP contribution >= 0.6 is 22.9 Å². The Bertz CT molecular complexity index is 1260. The fraction of sp³-hybridized carbons (Fsp3) is 0.182. The number of fused-ring (bicyclic) bond motifs is 1. The number of aromatic nitrogens is 2. The maximum absolute atomic E-state index is 12.5. The normalized spacial score (nSPS) is 17.6. The smallest absolute Gasteiger partial charge is 0.262 e. The Morgan fingerprint density at radius 3 is 2.36 bits per heavy atom. The lowest BCUT2D eigenvalue weighted by Crippen LogP contribution is -2.37. The van der Waals surface area contributed by atoms with Crippen LogP contribution in [0.3, 0.4) is 0 Å². The van der Waals surface area contributed by atoms with Gasteiger partial charge in [0.25, 0.3) is 11.8 Å². The van der Waals surface area contributed by atoms with Gasteiger partial charge in [0.1, 0.15) is 11.6 Å². The number of amides is 4. The Kier molecular flexibility index (Phi) is 5.39. The van der Waals surface area contributed by atoms with Crippen molar-refractivity contribution in [1.29, 1.82) is 0 Å². The Morgan fingerprint density at radius 2 is 1.70 bits per heavy atom. The number of carbonyl (C=O) groups is 4. The second kappa shape index (κ2) is 8.38. The minimum absolute atomic E-state index is 0.0336. The van der Waals surface area contributed by atoms with Gasteiger partial charge < -0.3 is 4.90 Å². The van der Waals surface area contributed by atoms with E-state index in [2.05, 4.69) is 15.5 Å². The topological polar surface area (TPSA) is 113 Å². The summed E-state index contributed by atoms with van der Waals surface area (Å²) in [5.74, 6) is -1.76. The van der Waals surface area contributed by atoms with Gasteiger partial charge in [0.2, 0.25) is 16.9 Å². The number of nitrogens with one attached hydrogen (secondary N) is 1. The van der Waals surface area contributed by atoms with Crippen molar-refractivity contribution >= 4 is 57.4 Å². The van der Waals surface area contributed by atoms with Crippen LogP contribution in [0.2, 0.25) is 5.02 Å². The first-order valence-corrected chi connectivity index (χ1v) is 11.2. The fourth-order valence-electron chi connectivity index (χ4n) is 3.88. The molecule has 1 atom stereocenters. The molecule has 4 amide bonds. The first-order chi connectivity index (χ1) is 15.9. The van der Waals surface area contributed by atoms with Crippen LogP contribution in [-0.4, -0.2) is 51.8 Å². The Labute approximate surface area is 197 Å².